The second-order valence-electron chi connectivity index (χ2n) is 6.91. The predicted octanol–water partition coefficient (Wildman–Crippen LogP) is 3.82. The fourth-order valence-corrected chi connectivity index (χ4v) is 4.42. The van der Waals surface area contributed by atoms with E-state index in [4.69, 9.17) is 55.6 Å². The number of benzene rings is 3. The summed E-state index contributed by atoms with van der Waals surface area (Å²) < 4.78 is 11.1. The first-order chi connectivity index (χ1) is 15.3. The Labute approximate surface area is 230 Å². The average molecular weight is 534 g/mol. The van der Waals surface area contributed by atoms with E-state index in [0.29, 0.717) is 28.5 Å². The van der Waals surface area contributed by atoms with Crippen LogP contribution >= 0.6 is 46.4 Å². The van der Waals surface area contributed by atoms with Gasteiger partial charge in [-0.3, -0.25) is 4.79 Å². The molecule has 0 radical (unpaired) electrons. The molecule has 0 aromatic heterocycles. The molecule has 2 aromatic carbocycles. The van der Waals surface area contributed by atoms with Crippen LogP contribution in [0.4, 0.5) is 0 Å². The molecule has 0 unspecified atom stereocenters. The minimum atomic E-state index is -0.641. The quantitative estimate of drug-likeness (QED) is 0.226. The van der Waals surface area contributed by atoms with Crippen molar-refractivity contribution in [2.75, 3.05) is 6.61 Å². The maximum atomic E-state index is 12.8. The van der Waals surface area contributed by atoms with E-state index < -0.39 is 17.1 Å². The van der Waals surface area contributed by atoms with Gasteiger partial charge >= 0.3 is 35.5 Å². The largest absolute Gasteiger partial charge is 1.00 e. The van der Waals surface area contributed by atoms with E-state index in [1.807, 2.05) is 6.92 Å². The monoisotopic (exact) mass is 532 g/mol. The first-order valence-electron chi connectivity index (χ1n) is 9.46. The summed E-state index contributed by atoms with van der Waals surface area (Å²) in [5, 5.41) is 11.9. The minimum absolute atomic E-state index is 0. The van der Waals surface area contributed by atoms with Gasteiger partial charge in [0.15, 0.2) is 11.3 Å². The normalized spacial score (nSPS) is 10.9. The Morgan fingerprint density at radius 2 is 1.73 bits per heavy atom. The Kier molecular flexibility index (Phi) is 8.28. The van der Waals surface area contributed by atoms with Crippen molar-refractivity contribution in [3.8, 4) is 28.2 Å². The van der Waals surface area contributed by atoms with E-state index in [1.54, 1.807) is 24.3 Å². The summed E-state index contributed by atoms with van der Waals surface area (Å²) in [5.41, 5.74) is 0.788. The van der Waals surface area contributed by atoms with Crippen LogP contribution in [0.15, 0.2) is 45.6 Å². The van der Waals surface area contributed by atoms with Crippen LogP contribution in [0, 0.1) is 0 Å². The van der Waals surface area contributed by atoms with E-state index in [9.17, 15) is 14.7 Å². The van der Waals surface area contributed by atoms with Crippen molar-refractivity contribution in [3.63, 3.8) is 0 Å². The van der Waals surface area contributed by atoms with Gasteiger partial charge in [-0.2, -0.15) is 0 Å². The second-order valence-corrected chi connectivity index (χ2v) is 8.49. The molecule has 0 spiro atoms. The van der Waals surface area contributed by atoms with Gasteiger partial charge < -0.3 is 14.3 Å². The SMILES string of the molecule is CCCOC(=O)c1ccccc1-c1c2cc(Cl)c(=O)c(Cl)c-2oc2c(Cl)c([O-])c(Cl)cc12.[Na+]. The van der Waals surface area contributed by atoms with Gasteiger partial charge in [0.1, 0.15) is 5.02 Å². The molecule has 0 saturated heterocycles. The zero-order valence-electron chi connectivity index (χ0n) is 17.4. The Morgan fingerprint density at radius 1 is 1.03 bits per heavy atom. The predicted molar refractivity (Wildman–Crippen MR) is 125 cm³/mol. The molecule has 0 atom stereocenters. The Bertz CT molecular complexity index is 1420. The summed E-state index contributed by atoms with van der Waals surface area (Å²) in [6.07, 6.45) is 0.652. The molecule has 1 aliphatic carbocycles. The van der Waals surface area contributed by atoms with Gasteiger partial charge in [0.05, 0.1) is 22.2 Å². The van der Waals surface area contributed by atoms with Crippen molar-refractivity contribution in [3.05, 3.63) is 72.3 Å². The van der Waals surface area contributed by atoms with Crippen molar-refractivity contribution < 1.29 is 48.6 Å². The van der Waals surface area contributed by atoms with Crippen LogP contribution in [0.3, 0.4) is 0 Å². The third-order valence-corrected chi connectivity index (χ3v) is 6.11. The molecule has 0 bridgehead atoms. The zero-order valence-corrected chi connectivity index (χ0v) is 22.5. The molecular weight excluding hydrogens is 521 g/mol. The summed E-state index contributed by atoms with van der Waals surface area (Å²) in [6, 6.07) is 9.50. The van der Waals surface area contributed by atoms with Crippen LogP contribution in [-0.2, 0) is 4.74 Å². The molecular formula is C23H13Cl4NaO5. The van der Waals surface area contributed by atoms with Crippen molar-refractivity contribution in [2.45, 2.75) is 13.3 Å². The number of halogens is 4. The average Bonchev–Trinajstić information content (AvgIpc) is 2.79. The number of carbonyl (C=O) groups is 1. The maximum Gasteiger partial charge on any atom is 1.00 e. The van der Waals surface area contributed by atoms with Gasteiger partial charge in [-0.1, -0.05) is 77.3 Å². The van der Waals surface area contributed by atoms with Crippen molar-refractivity contribution >= 4 is 63.3 Å². The second kappa shape index (κ2) is 10.4. The van der Waals surface area contributed by atoms with E-state index in [0.717, 1.165) is 0 Å². The molecule has 1 heterocycles. The third kappa shape index (κ3) is 4.61. The smallest absolute Gasteiger partial charge is 0.870 e. The van der Waals surface area contributed by atoms with Crippen molar-refractivity contribution in [1.29, 1.82) is 0 Å². The van der Waals surface area contributed by atoms with Crippen molar-refractivity contribution in [2.24, 2.45) is 0 Å². The number of hydrogen-bond donors (Lipinski definition) is 0. The molecule has 33 heavy (non-hydrogen) atoms. The van der Waals surface area contributed by atoms with Crippen molar-refractivity contribution in [1.82, 2.24) is 0 Å². The number of fused-ring (bicyclic) bond motifs is 2. The van der Waals surface area contributed by atoms with Gasteiger partial charge in [-0.25, -0.2) is 4.79 Å². The van der Waals surface area contributed by atoms with Gasteiger partial charge in [0.25, 0.3) is 0 Å². The molecule has 0 N–H and O–H groups in total. The summed E-state index contributed by atoms with van der Waals surface area (Å²) in [5.74, 6) is -1.21. The topological polar surface area (TPSA) is 79.6 Å². The van der Waals surface area contributed by atoms with E-state index in [1.165, 1.54) is 12.1 Å². The third-order valence-electron chi connectivity index (χ3n) is 4.86. The van der Waals surface area contributed by atoms with E-state index in [2.05, 4.69) is 0 Å². The Morgan fingerprint density at radius 3 is 2.42 bits per heavy atom. The van der Waals surface area contributed by atoms with Crippen LogP contribution in [0.2, 0.25) is 20.1 Å². The Balaban J connectivity index is 0.00000306. The van der Waals surface area contributed by atoms with E-state index >= 15 is 0 Å². The fourth-order valence-electron chi connectivity index (χ4n) is 3.43. The van der Waals surface area contributed by atoms with Gasteiger partial charge in [0.2, 0.25) is 5.43 Å². The molecule has 0 saturated carbocycles. The van der Waals surface area contributed by atoms with Gasteiger partial charge in [-0.05, 0) is 30.2 Å². The molecule has 2 aromatic rings. The maximum absolute atomic E-state index is 12.8. The van der Waals surface area contributed by atoms with Crippen LogP contribution in [0.25, 0.3) is 33.4 Å². The molecule has 4 rings (SSSR count). The van der Waals surface area contributed by atoms with Crippen LogP contribution in [-0.4, -0.2) is 12.6 Å². The fraction of sp³-hybridized carbons (Fsp3) is 0.130. The zero-order chi connectivity index (χ0) is 23.2. The number of ether oxygens (including phenoxy) is 1. The van der Waals surface area contributed by atoms with Crippen LogP contribution in [0.5, 0.6) is 5.75 Å². The first-order valence-corrected chi connectivity index (χ1v) is 11.0. The van der Waals surface area contributed by atoms with Gasteiger partial charge in [-0.15, -0.1) is 0 Å². The summed E-state index contributed by atoms with van der Waals surface area (Å²) >= 11 is 24.8. The van der Waals surface area contributed by atoms with E-state index in [-0.39, 0.29) is 73.2 Å². The molecule has 1 aliphatic heterocycles. The van der Waals surface area contributed by atoms with Gasteiger partial charge in [0, 0.05) is 21.5 Å². The standard InChI is InChI=1S/C23H14Cl4O5.Na/c1-2-7-31-23(30)11-6-4-3-5-10(11)16-12-8-14(24)19(28)17(26)21(12)32-22-13(16)9-15(25)20(29)18(22)27;/h3-6,8-9,28H,2,7H2,1H3;/q;+1/p-1. The molecule has 0 fully saturated rings. The summed E-state index contributed by atoms with van der Waals surface area (Å²) in [4.78, 5) is 25.1. The summed E-state index contributed by atoms with van der Waals surface area (Å²) in [6.45, 7) is 2.13. The number of carbonyl (C=O) groups excluding carboxylic acids is 1. The molecule has 164 valence electrons. The molecule has 10 heteroatoms. The number of hydrogen-bond acceptors (Lipinski definition) is 5. The van der Waals surface area contributed by atoms with Crippen LogP contribution in [0.1, 0.15) is 23.7 Å². The minimum Gasteiger partial charge on any atom is -0.870 e. The molecule has 0 amide bonds. The molecule has 5 nitrogen and oxygen atoms in total. The number of esters is 1. The first kappa shape index (κ1) is 26.2. The number of rotatable bonds is 4. The summed E-state index contributed by atoms with van der Waals surface area (Å²) in [7, 11) is 0. The Hall–Kier alpha value is -1.44. The molecule has 2 aliphatic rings. The van der Waals surface area contributed by atoms with Crippen LogP contribution < -0.4 is 40.1 Å².